The van der Waals surface area contributed by atoms with Crippen LogP contribution in [0.4, 0.5) is 27.6 Å². The Morgan fingerprint density at radius 2 is 0.771 bits per heavy atom. The maximum atomic E-state index is 14.4. The molecular formula is C101H95ClF5N17O12S4. The first-order valence-electron chi connectivity index (χ1n) is 46.0. The van der Waals surface area contributed by atoms with Crippen LogP contribution in [0.1, 0.15) is 154 Å². The van der Waals surface area contributed by atoms with Gasteiger partial charge in [0.1, 0.15) is 58.2 Å². The second-order valence-electron chi connectivity index (χ2n) is 37.3. The topological polar surface area (TPSA) is 377 Å². The number of sulfonamides is 4. The summed E-state index contributed by atoms with van der Waals surface area (Å²) in [5, 5.41) is 0.441. The zero-order valence-electron chi connectivity index (χ0n) is 76.5. The minimum atomic E-state index is -3.98. The van der Waals surface area contributed by atoms with Crippen LogP contribution in [0.2, 0.25) is 5.02 Å². The Morgan fingerprint density at radius 1 is 0.393 bits per heavy atom. The van der Waals surface area contributed by atoms with E-state index in [-0.39, 0.29) is 117 Å². The highest BCUT2D eigenvalue weighted by atomic mass is 35.5. The van der Waals surface area contributed by atoms with Crippen LogP contribution in [0.5, 0.6) is 0 Å². The zero-order valence-corrected chi connectivity index (χ0v) is 80.6. The standard InChI is InChI=1S/C26H26FN5O3S.C26H23FN4O3S.C25H24F2N4O3S.C24H22ClFN4O3S/c1-15-28-13-18(14-29-15)23-12-20(30-26(31-23)16-2-3-16)6-9-24(33)25-17-10-21(11-17)32(25)36(34,35)22-7-4-19(27)5-8-22;1-16-29-14-20(15-30-16)17-3-9-24(28-2)18(11-17)4-10-25(32)26-19-12-22(13-19)31(26)35(33,34)23-7-5-21(27)6-8-23;1-15-28-12-17(13-29-15)21-9-19(30-14-22(21)27)5-8-23(32)24-16-10-25(2,11-16)31(24)35(33,34)20-6-3-18(26)4-7-20;1-14-27-11-17(12-28-14)22-10-15(21(25)13-29-22)2-7-23(31)24-16-8-19(9-16)30(24)34(32,33)20-5-3-18(26)4-6-20/h4-5,7-8,12-14,16-17,21,25H,2-3,6,9-11H2,1H3;3,5-9,11,14-15,19,22,26H,4,10,12-13H2,1H3;3-4,6-7,9,12-14,16,24H,5,8,10-11H2,1-2H3;3-6,10-13,16,19,24H,2,7-9H2,1H3/t17?,21?,25-;19?,22?,26-;16?,24-,25?;16?,19?,24-/m0000/s1. The highest BCUT2D eigenvalue weighted by molar-refractivity contribution is 7.90. The predicted molar refractivity (Wildman–Crippen MR) is 504 cm³/mol. The quantitative estimate of drug-likeness (QED) is 0.0310. The zero-order chi connectivity index (χ0) is 98.8. The van der Waals surface area contributed by atoms with Crippen molar-refractivity contribution >= 4 is 80.5 Å². The SMILES string of the molecule is Cc1ncc(-c2cc(CCC(=O)[C@@H]3C4CC(C)(C4)N3S(=O)(=O)c3ccc(F)cc3)ncc2F)cn1.Cc1ncc(-c2cc(CCC(=O)[C@@H]3C4CC(C4)N3S(=O)(=O)c3ccc(F)cc3)c(Cl)cn2)cn1.Cc1ncc(-c2cc(CCC(=O)[C@@H]3C4CC(C4)N3S(=O)(=O)c3ccc(F)cc3)nc(C3CC3)n2)cn1.[C-]#[N+]c1ccc(-c2cnc(C)nc2)cc1CCC(=O)[C@@H]1C2CC(C2)N1S(=O)(=O)c1ccc(F)cc1. The van der Waals surface area contributed by atoms with E-state index in [0.29, 0.717) is 133 Å². The van der Waals surface area contributed by atoms with Gasteiger partial charge in [-0.05, 0) is 280 Å². The van der Waals surface area contributed by atoms with Crippen LogP contribution in [0.15, 0.2) is 215 Å². The summed E-state index contributed by atoms with van der Waals surface area (Å²) in [5.41, 5.74) is 7.95. The van der Waals surface area contributed by atoms with Crippen LogP contribution >= 0.6 is 11.6 Å². The Bertz CT molecular complexity index is 7320. The van der Waals surface area contributed by atoms with Crippen molar-refractivity contribution in [2.75, 3.05) is 0 Å². The largest absolute Gasteiger partial charge is 0.298 e. The molecule has 722 valence electrons. The molecule has 5 saturated carbocycles. The van der Waals surface area contributed by atoms with Gasteiger partial charge in [-0.25, -0.2) is 110 Å². The fraction of sp³-hybridized carbons (Fsp3) is 0.356. The van der Waals surface area contributed by atoms with Crippen LogP contribution in [-0.2, 0) is 85.0 Å². The van der Waals surface area contributed by atoms with E-state index in [1.807, 2.05) is 38.1 Å². The predicted octanol–water partition coefficient (Wildman–Crippen LogP) is 16.0. The number of fused-ring (bicyclic) bond motifs is 4. The number of ketones is 4. The first-order chi connectivity index (χ1) is 66.9. The Kier molecular flexibility index (Phi) is 27.6. The Morgan fingerprint density at radius 3 is 1.19 bits per heavy atom. The van der Waals surface area contributed by atoms with Gasteiger partial charge in [0.15, 0.2) is 28.8 Å². The number of carbonyl (C=O) groups is 4. The summed E-state index contributed by atoms with van der Waals surface area (Å²) in [6.45, 7) is 16.5. The minimum absolute atomic E-state index is 0.000835. The summed E-state index contributed by atoms with van der Waals surface area (Å²) in [5.74, 6) is 0.498. The van der Waals surface area contributed by atoms with Crippen molar-refractivity contribution in [3.05, 3.63) is 293 Å². The number of Topliss-reactive ketones (excluding diaryl/α,β-unsaturated/α-hetero) is 4. The van der Waals surface area contributed by atoms with Gasteiger partial charge in [-0.1, -0.05) is 29.8 Å². The smallest absolute Gasteiger partial charge is 0.244 e. The van der Waals surface area contributed by atoms with Gasteiger partial charge in [0.2, 0.25) is 40.1 Å². The Labute approximate surface area is 811 Å². The van der Waals surface area contributed by atoms with Crippen LogP contribution in [0.3, 0.4) is 0 Å². The van der Waals surface area contributed by atoms with E-state index < -0.39 is 98.9 Å². The number of aromatic nitrogens is 12. The molecule has 0 N–H and O–H groups in total. The lowest BCUT2D eigenvalue weighted by molar-refractivity contribution is -0.123. The number of nitrogens with zero attached hydrogens (tertiary/aromatic N) is 17. The number of pyridine rings is 2. The van der Waals surface area contributed by atoms with Crippen molar-refractivity contribution in [1.29, 1.82) is 0 Å². The third kappa shape index (κ3) is 20.1. The Hall–Kier alpha value is -12.5. The molecule has 0 spiro atoms. The molecule has 0 radical (unpaired) electrons. The van der Waals surface area contributed by atoms with Gasteiger partial charge < -0.3 is 0 Å². The third-order valence-electron chi connectivity index (χ3n) is 27.9. The van der Waals surface area contributed by atoms with Crippen molar-refractivity contribution in [3.63, 3.8) is 0 Å². The summed E-state index contributed by atoms with van der Waals surface area (Å²) in [6, 6.07) is 26.1. The van der Waals surface area contributed by atoms with Crippen molar-refractivity contribution < 1.29 is 74.8 Å². The Balaban J connectivity index is 0.000000124. The molecule has 8 aliphatic heterocycles. The molecule has 140 heavy (non-hydrogen) atoms. The van der Waals surface area contributed by atoms with Crippen LogP contribution in [0, 0.1) is 87.0 Å². The second-order valence-corrected chi connectivity index (χ2v) is 45.1. The molecule has 8 bridgehead atoms. The highest BCUT2D eigenvalue weighted by Crippen LogP contribution is 2.58. The van der Waals surface area contributed by atoms with Gasteiger partial charge >= 0.3 is 0 Å². The van der Waals surface area contributed by atoms with Gasteiger partial charge in [0.05, 0.1) is 72.9 Å². The molecule has 15 heterocycles. The lowest BCUT2D eigenvalue weighted by Gasteiger charge is -2.37. The molecule has 39 heteroatoms. The van der Waals surface area contributed by atoms with Crippen molar-refractivity contribution in [3.8, 4) is 44.8 Å². The molecule has 13 fully saturated rings. The van der Waals surface area contributed by atoms with Gasteiger partial charge in [0.25, 0.3) is 0 Å². The van der Waals surface area contributed by atoms with E-state index in [2.05, 4.69) is 54.7 Å². The molecule has 13 aliphatic rings. The molecular weight excluding hydrogens is 1900 g/mol. The lowest BCUT2D eigenvalue weighted by atomic mass is 9.72. The fourth-order valence-electron chi connectivity index (χ4n) is 20.4. The monoisotopic (exact) mass is 2000 g/mol. The number of halogens is 6. The molecule has 7 aromatic heterocycles. The number of benzene rings is 5. The van der Waals surface area contributed by atoms with E-state index in [4.69, 9.17) is 28.1 Å². The van der Waals surface area contributed by atoms with E-state index >= 15 is 0 Å². The van der Waals surface area contributed by atoms with Gasteiger partial charge in [0, 0.05) is 150 Å². The lowest BCUT2D eigenvalue weighted by Crippen LogP contribution is -2.48. The number of carbonyl (C=O) groups excluding carboxylic acids is 4. The molecule has 5 aromatic carbocycles. The molecule has 25 rings (SSSR count). The number of aryl methyl sites for hydroxylation is 8. The molecule has 4 atom stereocenters. The number of hydrogen-bond donors (Lipinski definition) is 0. The fourth-order valence-corrected chi connectivity index (χ4v) is 28.2. The normalized spacial score (nSPS) is 22.6. The first kappa shape index (κ1) is 97.8. The van der Waals surface area contributed by atoms with Crippen molar-refractivity contribution in [1.82, 2.24) is 77.0 Å². The second kappa shape index (κ2) is 39.6. The van der Waals surface area contributed by atoms with Gasteiger partial charge in [-0.15, -0.1) is 0 Å². The van der Waals surface area contributed by atoms with Crippen LogP contribution < -0.4 is 0 Å². The van der Waals surface area contributed by atoms with Gasteiger partial charge in [-0.3, -0.25) is 29.1 Å². The van der Waals surface area contributed by atoms with Crippen LogP contribution in [0.25, 0.3) is 49.6 Å². The molecule has 12 aromatic rings. The molecule has 0 unspecified atom stereocenters. The summed E-state index contributed by atoms with van der Waals surface area (Å²) >= 11 is 6.34. The average Bonchev–Trinajstić information content (AvgIpc) is 1.53. The number of rotatable bonds is 29. The van der Waals surface area contributed by atoms with E-state index in [0.717, 1.165) is 118 Å². The maximum absolute atomic E-state index is 14.4. The van der Waals surface area contributed by atoms with Crippen molar-refractivity contribution in [2.24, 2.45) is 23.7 Å². The van der Waals surface area contributed by atoms with Crippen molar-refractivity contribution in [2.45, 2.75) is 224 Å². The molecule has 8 saturated heterocycles. The average molecular weight is 2000 g/mol. The number of hydrogen-bond acceptors (Lipinski definition) is 24. The summed E-state index contributed by atoms with van der Waals surface area (Å²) in [6.07, 6.45) is 25.2. The summed E-state index contributed by atoms with van der Waals surface area (Å²) in [7, 11) is -15.7. The van der Waals surface area contributed by atoms with Crippen LogP contribution in [-0.4, -0.2) is 182 Å². The summed E-state index contributed by atoms with van der Waals surface area (Å²) in [4.78, 5) is 108. The van der Waals surface area contributed by atoms with E-state index in [9.17, 15) is 74.8 Å². The maximum Gasteiger partial charge on any atom is 0.244 e. The highest BCUT2D eigenvalue weighted by Gasteiger charge is 2.66. The van der Waals surface area contributed by atoms with E-state index in [1.165, 1.54) is 84.3 Å². The summed E-state index contributed by atoms with van der Waals surface area (Å²) < 4.78 is 180. The molecule has 5 aliphatic carbocycles. The van der Waals surface area contributed by atoms with E-state index in [1.54, 1.807) is 70.1 Å². The third-order valence-corrected chi connectivity index (χ3v) is 36.1. The first-order valence-corrected chi connectivity index (χ1v) is 52.1. The molecule has 29 nitrogen and oxygen atoms in total. The van der Waals surface area contributed by atoms with Gasteiger partial charge in [-0.2, -0.15) is 17.2 Å². The minimum Gasteiger partial charge on any atom is -0.298 e. The molecule has 0 amide bonds.